The van der Waals surface area contributed by atoms with E-state index in [1.165, 1.54) is 18.2 Å². The quantitative estimate of drug-likeness (QED) is 0.674. The number of carbonyl (C=O) groups is 1. The molecule has 1 saturated heterocycles. The van der Waals surface area contributed by atoms with Crippen LogP contribution in [0.3, 0.4) is 0 Å². The first-order valence-corrected chi connectivity index (χ1v) is 8.21. The summed E-state index contributed by atoms with van der Waals surface area (Å²) in [7, 11) is -3.21. The number of alkyl halides is 3. The first kappa shape index (κ1) is 16.5. The minimum Gasteiger partial charge on any atom is -0.273 e. The van der Waals surface area contributed by atoms with Crippen LogP contribution in [0.15, 0.2) is 29.4 Å². The molecule has 1 aromatic carbocycles. The smallest absolute Gasteiger partial charge is 0.273 e. The van der Waals surface area contributed by atoms with Crippen LogP contribution in [0.25, 0.3) is 0 Å². The van der Waals surface area contributed by atoms with E-state index in [1.54, 1.807) is 0 Å². The monoisotopic (exact) mass is 334 g/mol. The van der Waals surface area contributed by atoms with E-state index in [4.69, 9.17) is 0 Å². The van der Waals surface area contributed by atoms with Gasteiger partial charge < -0.3 is 0 Å². The number of hydrogen-bond acceptors (Lipinski definition) is 4. The summed E-state index contributed by atoms with van der Waals surface area (Å²) < 4.78 is 60.8. The van der Waals surface area contributed by atoms with Crippen LogP contribution in [-0.4, -0.2) is 32.0 Å². The number of halogens is 3. The topological polar surface area (TPSA) is 75.6 Å². The van der Waals surface area contributed by atoms with E-state index in [0.717, 1.165) is 12.3 Å². The van der Waals surface area contributed by atoms with Crippen molar-refractivity contribution in [1.29, 1.82) is 0 Å². The van der Waals surface area contributed by atoms with E-state index in [0.29, 0.717) is 0 Å². The third-order valence-electron chi connectivity index (χ3n) is 3.25. The molecular formula is C13H13F3N2O3S. The molecule has 0 spiro atoms. The van der Waals surface area contributed by atoms with E-state index in [1.807, 2.05) is 0 Å². The van der Waals surface area contributed by atoms with E-state index in [9.17, 15) is 26.4 Å². The Labute approximate surface area is 125 Å². The van der Waals surface area contributed by atoms with Crippen LogP contribution in [0.1, 0.15) is 17.5 Å². The SMILES string of the molecule is O=C(N/N=C\c1ccccc1C(F)(F)F)[C@@H]1CCS(=O)(=O)C1. The lowest BCUT2D eigenvalue weighted by Crippen LogP contribution is -2.27. The molecule has 0 aromatic heterocycles. The van der Waals surface area contributed by atoms with Gasteiger partial charge in [-0.25, -0.2) is 13.8 Å². The van der Waals surface area contributed by atoms with Crippen LogP contribution in [-0.2, 0) is 20.8 Å². The maximum Gasteiger partial charge on any atom is 0.417 e. The Morgan fingerprint density at radius 3 is 2.59 bits per heavy atom. The molecule has 120 valence electrons. The average Bonchev–Trinajstić information content (AvgIpc) is 2.78. The highest BCUT2D eigenvalue weighted by atomic mass is 32.2. The number of rotatable bonds is 3. The number of amides is 1. The van der Waals surface area contributed by atoms with Gasteiger partial charge >= 0.3 is 6.18 Å². The van der Waals surface area contributed by atoms with Crippen LogP contribution in [0.2, 0.25) is 0 Å². The van der Waals surface area contributed by atoms with Crippen molar-refractivity contribution in [2.24, 2.45) is 11.0 Å². The van der Waals surface area contributed by atoms with Crippen molar-refractivity contribution in [3.05, 3.63) is 35.4 Å². The Balaban J connectivity index is 2.03. The summed E-state index contributed by atoms with van der Waals surface area (Å²) in [6, 6.07) is 4.80. The Bertz CT molecular complexity index is 699. The normalized spacial score (nSPS) is 21.1. The molecule has 5 nitrogen and oxygen atoms in total. The van der Waals surface area contributed by atoms with Gasteiger partial charge in [0, 0.05) is 5.56 Å². The highest BCUT2D eigenvalue weighted by Gasteiger charge is 2.33. The average molecular weight is 334 g/mol. The lowest BCUT2D eigenvalue weighted by molar-refractivity contribution is -0.137. The lowest BCUT2D eigenvalue weighted by Gasteiger charge is -2.09. The van der Waals surface area contributed by atoms with Gasteiger partial charge in [0.2, 0.25) is 5.91 Å². The molecule has 0 unspecified atom stereocenters. The van der Waals surface area contributed by atoms with Crippen molar-refractivity contribution >= 4 is 22.0 Å². The van der Waals surface area contributed by atoms with Crippen LogP contribution in [0.4, 0.5) is 13.2 Å². The van der Waals surface area contributed by atoms with Gasteiger partial charge in [0.1, 0.15) is 0 Å². The summed E-state index contributed by atoms with van der Waals surface area (Å²) in [4.78, 5) is 11.7. The fraction of sp³-hybridized carbons (Fsp3) is 0.385. The zero-order valence-electron chi connectivity index (χ0n) is 11.3. The van der Waals surface area contributed by atoms with Crippen molar-refractivity contribution < 1.29 is 26.4 Å². The fourth-order valence-corrected chi connectivity index (χ4v) is 3.87. The van der Waals surface area contributed by atoms with Gasteiger partial charge in [-0.3, -0.25) is 4.79 Å². The second-order valence-electron chi connectivity index (χ2n) is 4.92. The van der Waals surface area contributed by atoms with Crippen LogP contribution >= 0.6 is 0 Å². The third kappa shape index (κ3) is 4.06. The number of nitrogens with one attached hydrogen (secondary N) is 1. The zero-order chi connectivity index (χ0) is 16.4. The maximum absolute atomic E-state index is 12.7. The second-order valence-corrected chi connectivity index (χ2v) is 7.15. The van der Waals surface area contributed by atoms with Gasteiger partial charge in [-0.15, -0.1) is 0 Å². The second kappa shape index (κ2) is 6.07. The van der Waals surface area contributed by atoms with E-state index < -0.39 is 33.4 Å². The number of hydrogen-bond donors (Lipinski definition) is 1. The van der Waals surface area contributed by atoms with Gasteiger partial charge in [0.05, 0.1) is 29.2 Å². The first-order valence-electron chi connectivity index (χ1n) is 6.38. The molecule has 2 rings (SSSR count). The molecule has 1 heterocycles. The molecule has 1 atom stereocenters. The molecule has 1 N–H and O–H groups in total. The third-order valence-corrected chi connectivity index (χ3v) is 5.02. The van der Waals surface area contributed by atoms with Crippen molar-refractivity contribution in [1.82, 2.24) is 5.43 Å². The van der Waals surface area contributed by atoms with Gasteiger partial charge in [0.25, 0.3) is 0 Å². The van der Waals surface area contributed by atoms with E-state index in [2.05, 4.69) is 10.5 Å². The molecule has 1 fully saturated rings. The Morgan fingerprint density at radius 2 is 2.00 bits per heavy atom. The van der Waals surface area contributed by atoms with Crippen molar-refractivity contribution in [2.75, 3.05) is 11.5 Å². The summed E-state index contributed by atoms with van der Waals surface area (Å²) in [5, 5.41) is 3.49. The summed E-state index contributed by atoms with van der Waals surface area (Å²) in [6.45, 7) is 0. The Kier molecular flexibility index (Phi) is 4.55. The molecule has 9 heteroatoms. The minimum absolute atomic E-state index is 0.0638. The fourth-order valence-electron chi connectivity index (χ4n) is 2.13. The summed E-state index contributed by atoms with van der Waals surface area (Å²) >= 11 is 0. The van der Waals surface area contributed by atoms with E-state index in [-0.39, 0.29) is 23.5 Å². The van der Waals surface area contributed by atoms with Crippen molar-refractivity contribution in [2.45, 2.75) is 12.6 Å². The highest BCUT2D eigenvalue weighted by Crippen LogP contribution is 2.31. The minimum atomic E-state index is -4.52. The van der Waals surface area contributed by atoms with Gasteiger partial charge in [-0.1, -0.05) is 18.2 Å². The van der Waals surface area contributed by atoms with E-state index >= 15 is 0 Å². The lowest BCUT2D eigenvalue weighted by atomic mass is 10.1. The number of benzene rings is 1. The van der Waals surface area contributed by atoms with Crippen molar-refractivity contribution in [3.8, 4) is 0 Å². The Morgan fingerprint density at radius 1 is 1.32 bits per heavy atom. The molecule has 0 saturated carbocycles. The molecule has 1 aliphatic heterocycles. The predicted octanol–water partition coefficient (Wildman–Crippen LogP) is 1.59. The van der Waals surface area contributed by atoms with Crippen LogP contribution in [0.5, 0.6) is 0 Å². The molecule has 0 bridgehead atoms. The molecular weight excluding hydrogens is 321 g/mol. The molecule has 1 amide bonds. The largest absolute Gasteiger partial charge is 0.417 e. The first-order chi connectivity index (χ1) is 10.2. The summed E-state index contributed by atoms with van der Waals surface area (Å²) in [5.41, 5.74) is 1.04. The summed E-state index contributed by atoms with van der Waals surface area (Å²) in [5.74, 6) is -1.64. The summed E-state index contributed by atoms with van der Waals surface area (Å²) in [6.07, 6.45) is -3.43. The number of hydrazone groups is 1. The molecule has 0 aliphatic carbocycles. The molecule has 22 heavy (non-hydrogen) atoms. The zero-order valence-corrected chi connectivity index (χ0v) is 12.1. The Hall–Kier alpha value is -1.90. The van der Waals surface area contributed by atoms with Crippen LogP contribution in [0, 0.1) is 5.92 Å². The number of nitrogens with zero attached hydrogens (tertiary/aromatic N) is 1. The molecule has 1 aliphatic rings. The van der Waals surface area contributed by atoms with Crippen molar-refractivity contribution in [3.63, 3.8) is 0 Å². The molecule has 1 aromatic rings. The predicted molar refractivity (Wildman–Crippen MR) is 73.9 cm³/mol. The standard InChI is InChI=1S/C13H13F3N2O3S/c14-13(15,16)11-4-2-1-3-9(11)7-17-18-12(19)10-5-6-22(20,21)8-10/h1-4,7,10H,5-6,8H2,(H,18,19)/b17-7-/t10-/m1/s1. The molecule has 0 radical (unpaired) electrons. The number of sulfone groups is 1. The highest BCUT2D eigenvalue weighted by molar-refractivity contribution is 7.91. The maximum atomic E-state index is 12.7. The van der Waals surface area contributed by atoms with Gasteiger partial charge in [-0.05, 0) is 12.5 Å². The van der Waals surface area contributed by atoms with Crippen LogP contribution < -0.4 is 5.43 Å². The van der Waals surface area contributed by atoms with Gasteiger partial charge in [-0.2, -0.15) is 18.3 Å². The van der Waals surface area contributed by atoms with Gasteiger partial charge in [0.15, 0.2) is 9.84 Å². The number of carbonyl (C=O) groups excluding carboxylic acids is 1.